The summed E-state index contributed by atoms with van der Waals surface area (Å²) in [6, 6.07) is 22.3. The van der Waals surface area contributed by atoms with Gasteiger partial charge in [0.25, 0.3) is 0 Å². The van der Waals surface area contributed by atoms with Crippen LogP contribution >= 0.6 is 11.3 Å². The highest BCUT2D eigenvalue weighted by Gasteiger charge is 2.17. The molecule has 0 spiro atoms. The van der Waals surface area contributed by atoms with E-state index in [1.165, 1.54) is 0 Å². The molecule has 1 aromatic heterocycles. The number of nitrogens with zero attached hydrogens (tertiary/aromatic N) is 2. The van der Waals surface area contributed by atoms with Crippen molar-refractivity contribution in [2.24, 2.45) is 0 Å². The van der Waals surface area contributed by atoms with E-state index >= 15 is 0 Å². The summed E-state index contributed by atoms with van der Waals surface area (Å²) in [5.41, 5.74) is 5.18. The summed E-state index contributed by atoms with van der Waals surface area (Å²) in [6.45, 7) is 0.428. The van der Waals surface area contributed by atoms with Gasteiger partial charge in [0.2, 0.25) is 5.75 Å². The van der Waals surface area contributed by atoms with Crippen molar-refractivity contribution in [2.45, 2.75) is 6.61 Å². The molecule has 0 unspecified atom stereocenters. The van der Waals surface area contributed by atoms with Crippen LogP contribution in [0, 0.1) is 0 Å². The highest BCUT2D eigenvalue weighted by Crippen LogP contribution is 2.43. The lowest BCUT2D eigenvalue weighted by Gasteiger charge is -2.15. The molecule has 4 rings (SSSR count). The van der Waals surface area contributed by atoms with Crippen LogP contribution in [0.4, 0.5) is 5.69 Å². The summed E-state index contributed by atoms with van der Waals surface area (Å²) in [6.07, 6.45) is 0. The van der Waals surface area contributed by atoms with Gasteiger partial charge in [-0.15, -0.1) is 11.3 Å². The molecule has 0 amide bonds. The molecule has 0 atom stereocenters. The number of methoxy groups -OCH3 is 2. The molecule has 164 valence electrons. The van der Waals surface area contributed by atoms with Gasteiger partial charge in [-0.25, -0.2) is 4.98 Å². The maximum Gasteiger partial charge on any atom is 0.203 e. The number of benzene rings is 3. The first-order valence-corrected chi connectivity index (χ1v) is 11.1. The molecule has 6 heteroatoms. The molecule has 5 nitrogen and oxygen atoms in total. The molecule has 0 radical (unpaired) electrons. The van der Waals surface area contributed by atoms with Crippen molar-refractivity contribution in [3.05, 3.63) is 77.7 Å². The van der Waals surface area contributed by atoms with E-state index in [2.05, 4.69) is 34.5 Å². The van der Waals surface area contributed by atoms with Crippen LogP contribution in [0.1, 0.15) is 5.56 Å². The molecule has 0 aliphatic rings. The minimum atomic E-state index is 0.428. The highest BCUT2D eigenvalue weighted by atomic mass is 32.1. The Labute approximate surface area is 192 Å². The molecule has 4 aromatic rings. The fourth-order valence-corrected chi connectivity index (χ4v) is 4.16. The predicted molar refractivity (Wildman–Crippen MR) is 131 cm³/mol. The third-order valence-corrected chi connectivity index (χ3v) is 6.01. The Kier molecular flexibility index (Phi) is 6.61. The zero-order valence-electron chi connectivity index (χ0n) is 18.7. The van der Waals surface area contributed by atoms with Gasteiger partial charge in [0.1, 0.15) is 11.6 Å². The van der Waals surface area contributed by atoms with Crippen LogP contribution in [0.2, 0.25) is 0 Å². The van der Waals surface area contributed by atoms with Crippen molar-refractivity contribution in [1.82, 2.24) is 4.98 Å². The number of thiazole rings is 1. The van der Waals surface area contributed by atoms with Gasteiger partial charge in [-0.2, -0.15) is 0 Å². The van der Waals surface area contributed by atoms with E-state index in [4.69, 9.17) is 19.2 Å². The second kappa shape index (κ2) is 9.75. The molecule has 0 saturated carbocycles. The van der Waals surface area contributed by atoms with Crippen LogP contribution in [-0.2, 0) is 6.61 Å². The van der Waals surface area contributed by atoms with E-state index in [1.807, 2.05) is 56.6 Å². The van der Waals surface area contributed by atoms with Crippen molar-refractivity contribution in [1.29, 1.82) is 0 Å². The monoisotopic (exact) mass is 446 g/mol. The first-order chi connectivity index (χ1) is 15.6. The summed E-state index contributed by atoms with van der Waals surface area (Å²) in [7, 11) is 7.33. The lowest BCUT2D eigenvalue weighted by atomic mass is 10.1. The first kappa shape index (κ1) is 21.7. The summed E-state index contributed by atoms with van der Waals surface area (Å²) in [5.74, 6) is 1.81. The number of aromatic nitrogens is 1. The van der Waals surface area contributed by atoms with E-state index in [0.717, 1.165) is 33.1 Å². The molecular formula is C26H26N2O3S. The van der Waals surface area contributed by atoms with Crippen LogP contribution in [-0.4, -0.2) is 33.3 Å². The summed E-state index contributed by atoms with van der Waals surface area (Å²) >= 11 is 1.59. The Hall–Kier alpha value is -3.51. The van der Waals surface area contributed by atoms with Gasteiger partial charge in [-0.05, 0) is 29.8 Å². The Morgan fingerprint density at radius 3 is 2.09 bits per heavy atom. The Bertz CT molecular complexity index is 1150. The van der Waals surface area contributed by atoms with Crippen LogP contribution < -0.4 is 19.1 Å². The number of ether oxygens (including phenoxy) is 3. The average molecular weight is 447 g/mol. The normalized spacial score (nSPS) is 10.6. The number of hydrogen-bond donors (Lipinski definition) is 0. The largest absolute Gasteiger partial charge is 0.493 e. The fraction of sp³-hybridized carbons (Fsp3) is 0.192. The molecule has 3 aromatic carbocycles. The maximum absolute atomic E-state index is 6.06. The number of anilines is 1. The molecule has 0 N–H and O–H groups in total. The summed E-state index contributed by atoms with van der Waals surface area (Å²) < 4.78 is 17.3. The standard InChI is InChI=1S/C26H26N2O3S/c1-28(2)21-12-10-19(11-13-21)22-17-32-26(27-22)20-14-23(29-3)25(24(15-20)30-4)31-16-18-8-6-5-7-9-18/h5-15,17H,16H2,1-4H3. The van der Waals surface area contributed by atoms with Gasteiger partial charge in [0.15, 0.2) is 11.5 Å². The van der Waals surface area contributed by atoms with E-state index in [-0.39, 0.29) is 0 Å². The van der Waals surface area contributed by atoms with E-state index in [1.54, 1.807) is 25.6 Å². The van der Waals surface area contributed by atoms with Crippen molar-refractivity contribution in [2.75, 3.05) is 33.2 Å². The van der Waals surface area contributed by atoms with E-state index < -0.39 is 0 Å². The molecule has 0 saturated heterocycles. The Morgan fingerprint density at radius 2 is 1.50 bits per heavy atom. The second-order valence-corrected chi connectivity index (χ2v) is 8.32. The maximum atomic E-state index is 6.06. The Balaban J connectivity index is 1.61. The topological polar surface area (TPSA) is 43.8 Å². The van der Waals surface area contributed by atoms with Crippen molar-refractivity contribution >= 4 is 17.0 Å². The van der Waals surface area contributed by atoms with Gasteiger partial charge >= 0.3 is 0 Å². The minimum Gasteiger partial charge on any atom is -0.493 e. The van der Waals surface area contributed by atoms with Crippen molar-refractivity contribution in [3.8, 4) is 39.1 Å². The lowest BCUT2D eigenvalue weighted by molar-refractivity contribution is 0.266. The highest BCUT2D eigenvalue weighted by molar-refractivity contribution is 7.13. The van der Waals surface area contributed by atoms with E-state index in [0.29, 0.717) is 23.9 Å². The first-order valence-electron chi connectivity index (χ1n) is 10.3. The lowest BCUT2D eigenvalue weighted by Crippen LogP contribution is -2.07. The number of hydrogen-bond acceptors (Lipinski definition) is 6. The third-order valence-electron chi connectivity index (χ3n) is 5.12. The number of rotatable bonds is 8. The SMILES string of the molecule is COc1cc(-c2nc(-c3ccc(N(C)C)cc3)cs2)cc(OC)c1OCc1ccccc1. The Morgan fingerprint density at radius 1 is 0.844 bits per heavy atom. The van der Waals surface area contributed by atoms with Crippen LogP contribution in [0.15, 0.2) is 72.1 Å². The molecule has 0 bridgehead atoms. The van der Waals surface area contributed by atoms with Crippen LogP contribution in [0.25, 0.3) is 21.8 Å². The van der Waals surface area contributed by atoms with Crippen LogP contribution in [0.5, 0.6) is 17.2 Å². The smallest absolute Gasteiger partial charge is 0.203 e. The molecular weight excluding hydrogens is 420 g/mol. The molecule has 32 heavy (non-hydrogen) atoms. The molecule has 0 fully saturated rings. The van der Waals surface area contributed by atoms with Crippen LogP contribution in [0.3, 0.4) is 0 Å². The average Bonchev–Trinajstić information content (AvgIpc) is 3.33. The quantitative estimate of drug-likeness (QED) is 0.325. The van der Waals surface area contributed by atoms with Gasteiger partial charge in [-0.3, -0.25) is 0 Å². The summed E-state index contributed by atoms with van der Waals surface area (Å²) in [4.78, 5) is 6.93. The zero-order valence-corrected chi connectivity index (χ0v) is 19.5. The summed E-state index contributed by atoms with van der Waals surface area (Å²) in [5, 5.41) is 2.96. The van der Waals surface area contributed by atoms with Crippen molar-refractivity contribution in [3.63, 3.8) is 0 Å². The fourth-order valence-electron chi connectivity index (χ4n) is 3.34. The molecule has 0 aliphatic carbocycles. The van der Waals surface area contributed by atoms with Gasteiger partial charge < -0.3 is 19.1 Å². The zero-order chi connectivity index (χ0) is 22.5. The second-order valence-electron chi connectivity index (χ2n) is 7.46. The molecule has 0 aliphatic heterocycles. The van der Waals surface area contributed by atoms with Gasteiger partial charge in [0, 0.05) is 36.3 Å². The minimum absolute atomic E-state index is 0.428. The molecule has 1 heterocycles. The van der Waals surface area contributed by atoms with Crippen molar-refractivity contribution < 1.29 is 14.2 Å². The van der Waals surface area contributed by atoms with Gasteiger partial charge in [0.05, 0.1) is 19.9 Å². The third kappa shape index (κ3) is 4.70. The van der Waals surface area contributed by atoms with E-state index in [9.17, 15) is 0 Å². The predicted octanol–water partition coefficient (Wildman–Crippen LogP) is 6.14. The van der Waals surface area contributed by atoms with Gasteiger partial charge in [-0.1, -0.05) is 42.5 Å².